The van der Waals surface area contributed by atoms with Crippen LogP contribution in [0.5, 0.6) is 0 Å². The lowest BCUT2D eigenvalue weighted by Gasteiger charge is -2.31. The number of hydrogen-bond donors (Lipinski definition) is 2. The quantitative estimate of drug-likeness (QED) is 0.879. The van der Waals surface area contributed by atoms with Gasteiger partial charge in [0.05, 0.1) is 12.1 Å². The van der Waals surface area contributed by atoms with Gasteiger partial charge in [0.25, 0.3) is 0 Å². The molecule has 1 aromatic rings. The van der Waals surface area contributed by atoms with Crippen molar-refractivity contribution in [2.45, 2.75) is 32.9 Å². The van der Waals surface area contributed by atoms with Gasteiger partial charge in [-0.3, -0.25) is 0 Å². The normalized spacial score (nSPS) is 14.9. The summed E-state index contributed by atoms with van der Waals surface area (Å²) < 4.78 is 27.2. The highest BCUT2D eigenvalue weighted by Crippen LogP contribution is 2.32. The minimum absolute atomic E-state index is 0. The first-order valence-corrected chi connectivity index (χ1v) is 5.60. The molecule has 0 saturated heterocycles. The van der Waals surface area contributed by atoms with Crippen LogP contribution in [0, 0.1) is 17.0 Å². The van der Waals surface area contributed by atoms with Crippen molar-refractivity contribution in [1.29, 1.82) is 0 Å². The molecule has 6 heteroatoms. The molecule has 2 nitrogen and oxygen atoms in total. The molecule has 0 saturated carbocycles. The number of halogens is 4. The van der Waals surface area contributed by atoms with E-state index < -0.39 is 29.2 Å². The molecule has 0 spiro atoms. The Morgan fingerprint density at radius 3 is 1.94 bits per heavy atom. The first kappa shape index (κ1) is 17.6. The van der Waals surface area contributed by atoms with Gasteiger partial charge >= 0.3 is 0 Å². The lowest BCUT2D eigenvalue weighted by Crippen LogP contribution is -2.38. The summed E-state index contributed by atoms with van der Waals surface area (Å²) in [4.78, 5) is 0. The predicted molar refractivity (Wildman–Crippen MR) is 71.0 cm³/mol. The molecule has 0 aliphatic carbocycles. The first-order valence-electron chi connectivity index (χ1n) is 5.22. The molecular formula is C12H17Cl2F2NO. The van der Waals surface area contributed by atoms with E-state index >= 15 is 0 Å². The smallest absolute Gasteiger partial charge is 0.132 e. The van der Waals surface area contributed by atoms with Crippen molar-refractivity contribution in [3.63, 3.8) is 0 Å². The number of aliphatic hydroxyl groups is 1. The molecule has 2 atom stereocenters. The Morgan fingerprint density at radius 1 is 1.22 bits per heavy atom. The van der Waals surface area contributed by atoms with Crippen LogP contribution in [0.4, 0.5) is 8.78 Å². The Morgan fingerprint density at radius 2 is 1.61 bits per heavy atom. The summed E-state index contributed by atoms with van der Waals surface area (Å²) in [5, 5.41) is 9.89. The van der Waals surface area contributed by atoms with E-state index in [9.17, 15) is 13.9 Å². The molecule has 3 N–H and O–H groups in total. The van der Waals surface area contributed by atoms with Crippen molar-refractivity contribution in [2.24, 2.45) is 11.1 Å². The average Bonchev–Trinajstić information content (AvgIpc) is 2.13. The number of rotatable bonds is 2. The Labute approximate surface area is 117 Å². The topological polar surface area (TPSA) is 46.2 Å². The molecule has 0 fully saturated rings. The largest absolute Gasteiger partial charge is 0.391 e. The zero-order valence-electron chi connectivity index (χ0n) is 10.4. The summed E-state index contributed by atoms with van der Waals surface area (Å²) >= 11 is 5.51. The molecule has 0 aliphatic heterocycles. The van der Waals surface area contributed by atoms with Gasteiger partial charge in [0.2, 0.25) is 0 Å². The van der Waals surface area contributed by atoms with Crippen LogP contribution in [0.2, 0.25) is 5.02 Å². The summed E-state index contributed by atoms with van der Waals surface area (Å²) in [6.07, 6.45) is -1.06. The van der Waals surface area contributed by atoms with Crippen LogP contribution >= 0.6 is 24.0 Å². The van der Waals surface area contributed by atoms with Crippen LogP contribution in [-0.4, -0.2) is 11.2 Å². The van der Waals surface area contributed by atoms with Gasteiger partial charge in [-0.1, -0.05) is 32.4 Å². The van der Waals surface area contributed by atoms with Gasteiger partial charge in [-0.05, 0) is 17.5 Å². The fraction of sp³-hybridized carbons (Fsp3) is 0.500. The maximum absolute atomic E-state index is 13.6. The summed E-state index contributed by atoms with van der Waals surface area (Å²) in [5.41, 5.74) is 4.80. The Hall–Kier alpha value is -0.420. The Bertz CT molecular complexity index is 398. The Balaban J connectivity index is 0.00000289. The van der Waals surface area contributed by atoms with Crippen molar-refractivity contribution in [1.82, 2.24) is 0 Å². The second kappa shape index (κ2) is 6.15. The zero-order valence-corrected chi connectivity index (χ0v) is 11.9. The van der Waals surface area contributed by atoms with E-state index in [1.807, 2.05) is 0 Å². The monoisotopic (exact) mass is 299 g/mol. The van der Waals surface area contributed by atoms with Crippen LogP contribution < -0.4 is 5.73 Å². The van der Waals surface area contributed by atoms with Gasteiger partial charge in [-0.25, -0.2) is 8.78 Å². The van der Waals surface area contributed by atoms with E-state index in [4.69, 9.17) is 17.3 Å². The summed E-state index contributed by atoms with van der Waals surface area (Å²) in [5.74, 6) is -1.68. The van der Waals surface area contributed by atoms with Gasteiger partial charge in [-0.15, -0.1) is 12.4 Å². The van der Waals surface area contributed by atoms with Crippen LogP contribution in [0.15, 0.2) is 12.1 Å². The molecule has 0 aliphatic rings. The fourth-order valence-electron chi connectivity index (χ4n) is 1.57. The van der Waals surface area contributed by atoms with E-state index in [2.05, 4.69) is 0 Å². The molecule has 0 unspecified atom stereocenters. The van der Waals surface area contributed by atoms with Crippen LogP contribution in [-0.2, 0) is 0 Å². The van der Waals surface area contributed by atoms with Crippen molar-refractivity contribution < 1.29 is 13.9 Å². The van der Waals surface area contributed by atoms with E-state index in [-0.39, 0.29) is 23.0 Å². The molecule has 0 amide bonds. The van der Waals surface area contributed by atoms with E-state index in [1.54, 1.807) is 20.8 Å². The molecule has 0 aromatic heterocycles. The highest BCUT2D eigenvalue weighted by molar-refractivity contribution is 6.30. The minimum atomic E-state index is -1.13. The summed E-state index contributed by atoms with van der Waals surface area (Å²) in [6, 6.07) is 0.831. The maximum Gasteiger partial charge on any atom is 0.132 e. The van der Waals surface area contributed by atoms with Gasteiger partial charge in [0, 0.05) is 10.6 Å². The van der Waals surface area contributed by atoms with Crippen LogP contribution in [0.25, 0.3) is 0 Å². The standard InChI is InChI=1S/C12H16ClF2NO.ClH/c1-12(2,3)11(17)10(16)9-7(14)4-6(13)5-8(9)15;/h4-5,10-11,17H,16H2,1-3H3;1H/t10-,11-;/m1./s1. The van der Waals surface area contributed by atoms with Gasteiger partial charge in [0.15, 0.2) is 0 Å². The van der Waals surface area contributed by atoms with E-state index in [0.29, 0.717) is 0 Å². The number of benzene rings is 1. The van der Waals surface area contributed by atoms with Gasteiger partial charge < -0.3 is 10.8 Å². The molecule has 1 rings (SSSR count). The third kappa shape index (κ3) is 3.79. The van der Waals surface area contributed by atoms with Crippen molar-refractivity contribution in [3.05, 3.63) is 34.4 Å². The predicted octanol–water partition coefficient (Wildman–Crippen LogP) is 3.45. The molecule has 18 heavy (non-hydrogen) atoms. The van der Waals surface area contributed by atoms with Crippen molar-refractivity contribution in [3.8, 4) is 0 Å². The van der Waals surface area contributed by atoms with Crippen molar-refractivity contribution >= 4 is 24.0 Å². The Kier molecular flexibility index (Phi) is 6.01. The SMILES string of the molecule is CC(C)(C)[C@H](O)[C@H](N)c1c(F)cc(Cl)cc1F.Cl. The van der Waals surface area contributed by atoms with Crippen LogP contribution in [0.3, 0.4) is 0 Å². The summed E-state index contributed by atoms with van der Waals surface area (Å²) in [7, 11) is 0. The number of aliphatic hydroxyl groups excluding tert-OH is 1. The third-order valence-electron chi connectivity index (χ3n) is 2.60. The molecular weight excluding hydrogens is 283 g/mol. The number of nitrogens with two attached hydrogens (primary N) is 1. The lowest BCUT2D eigenvalue weighted by atomic mass is 9.82. The van der Waals surface area contributed by atoms with E-state index in [1.165, 1.54) is 0 Å². The second-order valence-corrected chi connectivity index (χ2v) is 5.56. The summed E-state index contributed by atoms with van der Waals surface area (Å²) in [6.45, 7) is 5.22. The molecule has 0 heterocycles. The zero-order chi connectivity index (χ0) is 13.4. The lowest BCUT2D eigenvalue weighted by molar-refractivity contribution is 0.0381. The minimum Gasteiger partial charge on any atom is -0.391 e. The second-order valence-electron chi connectivity index (χ2n) is 5.12. The number of hydrogen-bond acceptors (Lipinski definition) is 2. The van der Waals surface area contributed by atoms with E-state index in [0.717, 1.165) is 12.1 Å². The first-order chi connectivity index (χ1) is 7.64. The molecule has 104 valence electrons. The van der Waals surface area contributed by atoms with Gasteiger partial charge in [0.1, 0.15) is 11.6 Å². The average molecular weight is 300 g/mol. The fourth-order valence-corrected chi connectivity index (χ4v) is 1.76. The van der Waals surface area contributed by atoms with Crippen LogP contribution in [0.1, 0.15) is 32.4 Å². The highest BCUT2D eigenvalue weighted by Gasteiger charge is 2.32. The highest BCUT2D eigenvalue weighted by atomic mass is 35.5. The third-order valence-corrected chi connectivity index (χ3v) is 2.82. The molecule has 0 bridgehead atoms. The van der Waals surface area contributed by atoms with Gasteiger partial charge in [-0.2, -0.15) is 0 Å². The maximum atomic E-state index is 13.6. The van der Waals surface area contributed by atoms with Crippen molar-refractivity contribution in [2.75, 3.05) is 0 Å². The molecule has 1 aromatic carbocycles. The molecule has 0 radical (unpaired) electrons.